The van der Waals surface area contributed by atoms with Gasteiger partial charge in [-0.3, -0.25) is 4.79 Å². The number of hydrogen-bond acceptors (Lipinski definition) is 3. The molecule has 0 aliphatic heterocycles. The van der Waals surface area contributed by atoms with Crippen LogP contribution in [0.5, 0.6) is 11.5 Å². The van der Waals surface area contributed by atoms with Gasteiger partial charge in [0.1, 0.15) is 6.61 Å². The van der Waals surface area contributed by atoms with Gasteiger partial charge in [-0.15, -0.1) is 0 Å². The molecule has 3 rings (SSSR count). The molecule has 1 N–H and O–H groups in total. The fraction of sp³-hybridized carbons (Fsp3) is 0.208. The van der Waals surface area contributed by atoms with Crippen molar-refractivity contribution in [2.75, 3.05) is 13.7 Å². The summed E-state index contributed by atoms with van der Waals surface area (Å²) in [6, 6.07) is 25.6. The van der Waals surface area contributed by atoms with E-state index in [1.165, 1.54) is 0 Å². The molecule has 0 atom stereocenters. The van der Waals surface area contributed by atoms with Crippen molar-refractivity contribution in [2.24, 2.45) is 0 Å². The van der Waals surface area contributed by atoms with E-state index in [4.69, 9.17) is 9.47 Å². The third-order valence-corrected chi connectivity index (χ3v) is 4.41. The van der Waals surface area contributed by atoms with Crippen LogP contribution in [0.25, 0.3) is 0 Å². The van der Waals surface area contributed by atoms with Crippen molar-refractivity contribution in [3.05, 3.63) is 95.6 Å². The zero-order valence-electron chi connectivity index (χ0n) is 16.1. The highest BCUT2D eigenvalue weighted by Gasteiger charge is 2.07. The molecular weight excluding hydrogens is 350 g/mol. The van der Waals surface area contributed by atoms with Gasteiger partial charge in [-0.1, -0.05) is 66.7 Å². The fourth-order valence-electron chi connectivity index (χ4n) is 2.91. The second kappa shape index (κ2) is 10.2. The Morgan fingerprint density at radius 3 is 2.18 bits per heavy atom. The molecule has 0 fully saturated rings. The Morgan fingerprint density at radius 1 is 0.821 bits per heavy atom. The molecule has 0 unspecified atom stereocenters. The number of amides is 1. The maximum Gasteiger partial charge on any atom is 0.224 e. The highest BCUT2D eigenvalue weighted by molar-refractivity contribution is 5.78. The number of hydrogen-bond donors (Lipinski definition) is 1. The van der Waals surface area contributed by atoms with E-state index in [-0.39, 0.29) is 5.91 Å². The molecule has 0 spiro atoms. The summed E-state index contributed by atoms with van der Waals surface area (Å²) in [5.74, 6) is 1.44. The van der Waals surface area contributed by atoms with Crippen molar-refractivity contribution in [1.29, 1.82) is 0 Å². The number of carbonyl (C=O) groups excluding carboxylic acids is 1. The second-order valence-corrected chi connectivity index (χ2v) is 6.52. The van der Waals surface area contributed by atoms with Crippen LogP contribution in [0.3, 0.4) is 0 Å². The molecule has 0 saturated heterocycles. The summed E-state index contributed by atoms with van der Waals surface area (Å²) in [6.45, 7) is 1.07. The maximum atomic E-state index is 12.0. The predicted molar refractivity (Wildman–Crippen MR) is 111 cm³/mol. The highest BCUT2D eigenvalue weighted by Crippen LogP contribution is 2.29. The van der Waals surface area contributed by atoms with Crippen molar-refractivity contribution in [3.8, 4) is 11.5 Å². The van der Waals surface area contributed by atoms with Crippen molar-refractivity contribution >= 4 is 5.91 Å². The summed E-state index contributed by atoms with van der Waals surface area (Å²) in [5, 5.41) is 2.97. The quantitative estimate of drug-likeness (QED) is 0.610. The normalized spacial score (nSPS) is 10.3. The predicted octanol–water partition coefficient (Wildman–Crippen LogP) is 4.18. The first-order chi connectivity index (χ1) is 13.7. The molecule has 28 heavy (non-hydrogen) atoms. The molecule has 0 bridgehead atoms. The number of methoxy groups -OCH3 is 1. The molecule has 1 amide bonds. The lowest BCUT2D eigenvalue weighted by molar-refractivity contribution is -0.120. The zero-order chi connectivity index (χ0) is 19.6. The van der Waals surface area contributed by atoms with E-state index in [1.807, 2.05) is 78.9 Å². The highest BCUT2D eigenvalue weighted by atomic mass is 16.5. The Balaban J connectivity index is 1.49. The van der Waals surface area contributed by atoms with Crippen LogP contribution in [-0.2, 0) is 24.2 Å². The molecule has 0 heterocycles. The topological polar surface area (TPSA) is 47.6 Å². The Labute approximate surface area is 166 Å². The van der Waals surface area contributed by atoms with Gasteiger partial charge in [0.15, 0.2) is 11.5 Å². The first-order valence-corrected chi connectivity index (χ1v) is 9.39. The monoisotopic (exact) mass is 375 g/mol. The molecule has 0 aliphatic carbocycles. The van der Waals surface area contributed by atoms with E-state index in [9.17, 15) is 4.79 Å². The standard InChI is InChI=1S/C24H25NO3/c1-27-23-16-20(12-13-22(23)28-18-21-10-6-3-7-11-21)14-15-25-24(26)17-19-8-4-2-5-9-19/h2-13,16H,14-15,17-18H2,1H3,(H,25,26). The Morgan fingerprint density at radius 2 is 1.50 bits per heavy atom. The van der Waals surface area contributed by atoms with Crippen LogP contribution >= 0.6 is 0 Å². The Kier molecular flexibility index (Phi) is 7.08. The van der Waals surface area contributed by atoms with Crippen LogP contribution in [0, 0.1) is 0 Å². The third kappa shape index (κ3) is 5.88. The number of carbonyl (C=O) groups is 1. The number of ether oxygens (including phenoxy) is 2. The molecule has 0 aliphatic rings. The van der Waals surface area contributed by atoms with Gasteiger partial charge < -0.3 is 14.8 Å². The minimum Gasteiger partial charge on any atom is -0.493 e. The van der Waals surface area contributed by atoms with Crippen LogP contribution in [0.2, 0.25) is 0 Å². The molecule has 0 saturated carbocycles. The minimum atomic E-state index is 0.0287. The summed E-state index contributed by atoms with van der Waals surface area (Å²) < 4.78 is 11.4. The molecule has 3 aromatic rings. The minimum absolute atomic E-state index is 0.0287. The van der Waals surface area contributed by atoms with Gasteiger partial charge >= 0.3 is 0 Å². The fourth-order valence-corrected chi connectivity index (χ4v) is 2.91. The summed E-state index contributed by atoms with van der Waals surface area (Å²) in [5.41, 5.74) is 3.21. The van der Waals surface area contributed by atoms with E-state index in [0.29, 0.717) is 31.1 Å². The van der Waals surface area contributed by atoms with Crippen molar-refractivity contribution in [1.82, 2.24) is 5.32 Å². The van der Waals surface area contributed by atoms with Crippen LogP contribution in [0.1, 0.15) is 16.7 Å². The SMILES string of the molecule is COc1cc(CCNC(=O)Cc2ccccc2)ccc1OCc1ccccc1. The van der Waals surface area contributed by atoms with Crippen molar-refractivity contribution < 1.29 is 14.3 Å². The molecule has 3 aromatic carbocycles. The van der Waals surface area contributed by atoms with Gasteiger partial charge in [0, 0.05) is 6.54 Å². The molecule has 4 nitrogen and oxygen atoms in total. The van der Waals surface area contributed by atoms with E-state index < -0.39 is 0 Å². The van der Waals surface area contributed by atoms with Crippen molar-refractivity contribution in [2.45, 2.75) is 19.4 Å². The van der Waals surface area contributed by atoms with Crippen LogP contribution in [-0.4, -0.2) is 19.6 Å². The summed E-state index contributed by atoms with van der Waals surface area (Å²) >= 11 is 0. The molecule has 0 radical (unpaired) electrons. The second-order valence-electron chi connectivity index (χ2n) is 6.52. The van der Waals surface area contributed by atoms with Gasteiger partial charge in [-0.25, -0.2) is 0 Å². The maximum absolute atomic E-state index is 12.0. The lowest BCUT2D eigenvalue weighted by Gasteiger charge is -2.13. The first-order valence-electron chi connectivity index (χ1n) is 9.39. The van der Waals surface area contributed by atoms with Gasteiger partial charge in [0.25, 0.3) is 0 Å². The Bertz CT molecular complexity index is 879. The lowest BCUT2D eigenvalue weighted by Crippen LogP contribution is -2.27. The first kappa shape index (κ1) is 19.5. The summed E-state index contributed by atoms with van der Waals surface area (Å²) in [6.07, 6.45) is 1.13. The average Bonchev–Trinajstić information content (AvgIpc) is 2.74. The molecule has 144 valence electrons. The van der Waals surface area contributed by atoms with Gasteiger partial charge in [0.05, 0.1) is 13.5 Å². The molecule has 4 heteroatoms. The van der Waals surface area contributed by atoms with E-state index >= 15 is 0 Å². The third-order valence-electron chi connectivity index (χ3n) is 4.41. The number of rotatable bonds is 9. The van der Waals surface area contributed by atoms with E-state index in [1.54, 1.807) is 7.11 Å². The average molecular weight is 375 g/mol. The molecular formula is C24H25NO3. The van der Waals surface area contributed by atoms with Crippen LogP contribution < -0.4 is 14.8 Å². The van der Waals surface area contributed by atoms with Gasteiger partial charge in [-0.05, 0) is 35.2 Å². The largest absolute Gasteiger partial charge is 0.493 e. The lowest BCUT2D eigenvalue weighted by atomic mass is 10.1. The van der Waals surface area contributed by atoms with Gasteiger partial charge in [-0.2, -0.15) is 0 Å². The van der Waals surface area contributed by atoms with Crippen LogP contribution in [0.4, 0.5) is 0 Å². The summed E-state index contributed by atoms with van der Waals surface area (Å²) in [4.78, 5) is 12.0. The van der Waals surface area contributed by atoms with E-state index in [2.05, 4.69) is 5.32 Å². The number of nitrogens with one attached hydrogen (secondary N) is 1. The van der Waals surface area contributed by atoms with Crippen molar-refractivity contribution in [3.63, 3.8) is 0 Å². The smallest absolute Gasteiger partial charge is 0.224 e. The summed E-state index contributed by atoms with van der Waals surface area (Å²) in [7, 11) is 1.64. The van der Waals surface area contributed by atoms with Crippen LogP contribution in [0.15, 0.2) is 78.9 Å². The Hall–Kier alpha value is -3.27. The van der Waals surface area contributed by atoms with Gasteiger partial charge in [0.2, 0.25) is 5.91 Å². The number of benzene rings is 3. The van der Waals surface area contributed by atoms with E-state index in [0.717, 1.165) is 23.1 Å². The molecule has 0 aromatic heterocycles. The zero-order valence-corrected chi connectivity index (χ0v) is 16.1.